The zero-order valence-corrected chi connectivity index (χ0v) is 12.8. The van der Waals surface area contributed by atoms with Gasteiger partial charge >= 0.3 is 0 Å². The minimum Gasteiger partial charge on any atom is -0.384 e. The van der Waals surface area contributed by atoms with E-state index in [4.69, 9.17) is 9.84 Å². The van der Waals surface area contributed by atoms with Crippen molar-refractivity contribution in [3.05, 3.63) is 21.9 Å². The van der Waals surface area contributed by atoms with E-state index in [0.717, 1.165) is 17.9 Å². The molecule has 2 N–H and O–H groups in total. The molecule has 0 aromatic carbocycles. The van der Waals surface area contributed by atoms with Crippen molar-refractivity contribution in [2.24, 2.45) is 5.92 Å². The van der Waals surface area contributed by atoms with Crippen LogP contribution in [0.1, 0.15) is 35.5 Å². The summed E-state index contributed by atoms with van der Waals surface area (Å²) in [6.45, 7) is 6.06. The molecule has 110 valence electrons. The topological polar surface area (TPSA) is 58.6 Å². The highest BCUT2D eigenvalue weighted by molar-refractivity contribution is 7.10. The van der Waals surface area contributed by atoms with Gasteiger partial charge in [-0.15, -0.1) is 11.3 Å². The lowest BCUT2D eigenvalue weighted by Gasteiger charge is -2.07. The molecule has 20 heavy (non-hydrogen) atoms. The zero-order valence-electron chi connectivity index (χ0n) is 11.9. The maximum absolute atomic E-state index is 11.8. The number of carbonyl (C=O) groups is 1. The second-order valence-electron chi connectivity index (χ2n) is 4.74. The normalized spacial score (nSPS) is 10.2. The summed E-state index contributed by atoms with van der Waals surface area (Å²) in [5.41, 5.74) is 0.611. The van der Waals surface area contributed by atoms with Gasteiger partial charge < -0.3 is 15.2 Å². The highest BCUT2D eigenvalue weighted by Gasteiger charge is 2.07. The Morgan fingerprint density at radius 1 is 1.55 bits per heavy atom. The molecule has 0 atom stereocenters. The molecule has 0 bridgehead atoms. The van der Waals surface area contributed by atoms with Crippen LogP contribution < -0.4 is 5.32 Å². The van der Waals surface area contributed by atoms with Gasteiger partial charge in [0.25, 0.3) is 5.91 Å². The number of nitrogens with one attached hydrogen (secondary N) is 1. The number of hydrogen-bond donors (Lipinski definition) is 2. The van der Waals surface area contributed by atoms with Crippen molar-refractivity contribution >= 4 is 17.2 Å². The molecule has 0 saturated carbocycles. The van der Waals surface area contributed by atoms with Gasteiger partial charge in [0.15, 0.2) is 0 Å². The van der Waals surface area contributed by atoms with Crippen molar-refractivity contribution in [3.8, 4) is 11.8 Å². The van der Waals surface area contributed by atoms with Crippen molar-refractivity contribution in [2.75, 3.05) is 26.4 Å². The lowest BCUT2D eigenvalue weighted by Crippen LogP contribution is -2.25. The van der Waals surface area contributed by atoms with Crippen LogP contribution in [0.4, 0.5) is 0 Å². The molecule has 5 heteroatoms. The summed E-state index contributed by atoms with van der Waals surface area (Å²) < 4.78 is 5.44. The quantitative estimate of drug-likeness (QED) is 0.596. The number of hydrogen-bond acceptors (Lipinski definition) is 4. The Morgan fingerprint density at radius 3 is 3.05 bits per heavy atom. The summed E-state index contributed by atoms with van der Waals surface area (Å²) in [4.78, 5) is 12.6. The van der Waals surface area contributed by atoms with Crippen molar-refractivity contribution in [2.45, 2.75) is 20.3 Å². The Kier molecular flexibility index (Phi) is 7.97. The third kappa shape index (κ3) is 6.71. The Hall–Kier alpha value is -1.35. The van der Waals surface area contributed by atoms with E-state index in [-0.39, 0.29) is 12.5 Å². The smallest absolute Gasteiger partial charge is 0.252 e. The Bertz CT molecular complexity index is 471. The molecular weight excluding hydrogens is 274 g/mol. The lowest BCUT2D eigenvalue weighted by atomic mass is 10.2. The summed E-state index contributed by atoms with van der Waals surface area (Å²) in [6.07, 6.45) is 0.805. The Labute approximate surface area is 124 Å². The van der Waals surface area contributed by atoms with E-state index >= 15 is 0 Å². The minimum absolute atomic E-state index is 0.0952. The van der Waals surface area contributed by atoms with E-state index in [1.54, 1.807) is 11.4 Å². The first-order valence-electron chi connectivity index (χ1n) is 6.67. The molecule has 0 aliphatic heterocycles. The van der Waals surface area contributed by atoms with Crippen molar-refractivity contribution < 1.29 is 14.6 Å². The van der Waals surface area contributed by atoms with E-state index in [0.29, 0.717) is 24.6 Å². The summed E-state index contributed by atoms with van der Waals surface area (Å²) >= 11 is 1.40. The molecule has 0 radical (unpaired) electrons. The molecule has 0 aliphatic carbocycles. The van der Waals surface area contributed by atoms with Crippen LogP contribution in [0, 0.1) is 17.8 Å². The molecule has 1 aromatic rings. The van der Waals surface area contributed by atoms with E-state index in [2.05, 4.69) is 31.0 Å². The first-order chi connectivity index (χ1) is 9.63. The summed E-state index contributed by atoms with van der Waals surface area (Å²) in [6, 6.07) is 1.73. The van der Waals surface area contributed by atoms with Crippen LogP contribution in [0.15, 0.2) is 11.4 Å². The number of ether oxygens (including phenoxy) is 1. The molecule has 4 nitrogen and oxygen atoms in total. The first-order valence-corrected chi connectivity index (χ1v) is 7.55. The Morgan fingerprint density at radius 2 is 2.35 bits per heavy atom. The van der Waals surface area contributed by atoms with Crippen molar-refractivity contribution in [3.63, 3.8) is 0 Å². The molecule has 0 saturated heterocycles. The predicted molar refractivity (Wildman–Crippen MR) is 80.9 cm³/mol. The van der Waals surface area contributed by atoms with Gasteiger partial charge in [-0.2, -0.15) is 0 Å². The molecule has 1 rings (SSSR count). The molecule has 0 aliphatic rings. The zero-order chi connectivity index (χ0) is 14.8. The van der Waals surface area contributed by atoms with Gasteiger partial charge in [-0.3, -0.25) is 4.79 Å². The lowest BCUT2D eigenvalue weighted by molar-refractivity contribution is 0.0925. The van der Waals surface area contributed by atoms with Crippen molar-refractivity contribution in [1.29, 1.82) is 0 Å². The van der Waals surface area contributed by atoms with Gasteiger partial charge in [-0.1, -0.05) is 25.7 Å². The second-order valence-corrected chi connectivity index (χ2v) is 5.65. The summed E-state index contributed by atoms with van der Waals surface area (Å²) in [7, 11) is 0. The molecule has 1 heterocycles. The molecule has 1 amide bonds. The fraction of sp³-hybridized carbons (Fsp3) is 0.533. The minimum atomic E-state index is -0.171. The van der Waals surface area contributed by atoms with Crippen molar-refractivity contribution in [1.82, 2.24) is 5.32 Å². The number of aliphatic hydroxyl groups is 1. The van der Waals surface area contributed by atoms with E-state index in [1.165, 1.54) is 11.3 Å². The second kappa shape index (κ2) is 9.54. The van der Waals surface area contributed by atoms with Crippen LogP contribution in [0.5, 0.6) is 0 Å². The number of aliphatic hydroxyl groups excluding tert-OH is 1. The van der Waals surface area contributed by atoms with Crippen LogP contribution in [0.3, 0.4) is 0 Å². The van der Waals surface area contributed by atoms with E-state index < -0.39 is 0 Å². The molecule has 1 aromatic heterocycles. The SMILES string of the molecule is CC(C)COCCCNC(=O)c1csc(C#CCO)c1. The number of amides is 1. The van der Waals surface area contributed by atoms with Gasteiger partial charge in [-0.05, 0) is 18.4 Å². The van der Waals surface area contributed by atoms with E-state index in [9.17, 15) is 4.79 Å². The average Bonchev–Trinajstić information content (AvgIpc) is 2.88. The van der Waals surface area contributed by atoms with Crippen LogP contribution in [0.25, 0.3) is 0 Å². The largest absolute Gasteiger partial charge is 0.384 e. The number of carbonyl (C=O) groups excluding carboxylic acids is 1. The number of rotatable bonds is 7. The van der Waals surface area contributed by atoms with Gasteiger partial charge in [-0.25, -0.2) is 0 Å². The highest BCUT2D eigenvalue weighted by Crippen LogP contribution is 2.13. The van der Waals surface area contributed by atoms with Crippen LogP contribution in [-0.2, 0) is 4.74 Å². The summed E-state index contributed by atoms with van der Waals surface area (Å²) in [5.74, 6) is 5.78. The monoisotopic (exact) mass is 295 g/mol. The van der Waals surface area contributed by atoms with Gasteiger partial charge in [0.05, 0.1) is 10.4 Å². The van der Waals surface area contributed by atoms with Crippen LogP contribution in [-0.4, -0.2) is 37.4 Å². The average molecular weight is 295 g/mol. The molecular formula is C15H21NO3S. The van der Waals surface area contributed by atoms with E-state index in [1.807, 2.05) is 0 Å². The van der Waals surface area contributed by atoms with Gasteiger partial charge in [0.1, 0.15) is 6.61 Å². The maximum atomic E-state index is 11.8. The fourth-order valence-electron chi connectivity index (χ4n) is 1.44. The summed E-state index contributed by atoms with van der Waals surface area (Å²) in [5, 5.41) is 13.2. The number of thiophene rings is 1. The van der Waals surface area contributed by atoms with Gasteiger partial charge in [0.2, 0.25) is 0 Å². The van der Waals surface area contributed by atoms with Crippen LogP contribution >= 0.6 is 11.3 Å². The molecule has 0 fully saturated rings. The van der Waals surface area contributed by atoms with Gasteiger partial charge in [0, 0.05) is 25.1 Å². The standard InChI is InChI=1S/C15H21NO3S/c1-12(2)10-19-8-4-6-16-15(18)13-9-14(20-11-13)5-3-7-17/h9,11-12,17H,4,6-8,10H2,1-2H3,(H,16,18). The molecule has 0 spiro atoms. The third-order valence-corrected chi connectivity index (χ3v) is 3.20. The molecule has 0 unspecified atom stereocenters. The predicted octanol–water partition coefficient (Wildman–Crippen LogP) is 1.88. The van der Waals surface area contributed by atoms with Crippen LogP contribution in [0.2, 0.25) is 0 Å². The fourth-order valence-corrected chi connectivity index (χ4v) is 2.20. The third-order valence-electron chi connectivity index (χ3n) is 2.35. The maximum Gasteiger partial charge on any atom is 0.252 e. The highest BCUT2D eigenvalue weighted by atomic mass is 32.1. The Balaban J connectivity index is 2.24. The first kappa shape index (κ1) is 16.7.